The number of aromatic amines is 1. The maximum Gasteiger partial charge on any atom is 0.184 e. The molecule has 0 aliphatic rings. The summed E-state index contributed by atoms with van der Waals surface area (Å²) in [5.74, 6) is 0.845. The highest BCUT2D eigenvalue weighted by Crippen LogP contribution is 2.07. The molecular weight excluding hydrogens is 176 g/mol. The van der Waals surface area contributed by atoms with Crippen LogP contribution >= 0.6 is 0 Å². The molecular formula is C10H13N4. The Morgan fingerprint density at radius 1 is 1.43 bits per heavy atom. The fourth-order valence-electron chi connectivity index (χ4n) is 1.37. The minimum atomic E-state index is 0.714. The summed E-state index contributed by atoms with van der Waals surface area (Å²) in [6.07, 6.45) is 9.18. The van der Waals surface area contributed by atoms with Crippen LogP contribution in [0.2, 0.25) is 0 Å². The largest absolute Gasteiger partial charge is 0.283 e. The van der Waals surface area contributed by atoms with Crippen LogP contribution in [0.5, 0.6) is 0 Å². The number of hydrogen-bond acceptors (Lipinski definition) is 3. The molecule has 4 heteroatoms. The number of nitrogens with one attached hydrogen (secondary N) is 1. The Balaban J connectivity index is 2.10. The lowest BCUT2D eigenvalue weighted by molar-refractivity contribution is 0.695. The second-order valence-electron chi connectivity index (χ2n) is 3.33. The first-order chi connectivity index (χ1) is 6.90. The van der Waals surface area contributed by atoms with Gasteiger partial charge in [0.1, 0.15) is 12.0 Å². The van der Waals surface area contributed by atoms with Gasteiger partial charge in [0.15, 0.2) is 5.65 Å². The first kappa shape index (κ1) is 9.12. The van der Waals surface area contributed by atoms with E-state index in [4.69, 9.17) is 0 Å². The van der Waals surface area contributed by atoms with E-state index in [0.29, 0.717) is 5.65 Å². The lowest BCUT2D eigenvalue weighted by Gasteiger charge is -1.97. The summed E-state index contributed by atoms with van der Waals surface area (Å²) < 4.78 is 0. The number of H-pyrrole nitrogens is 1. The lowest BCUT2D eigenvalue weighted by atomic mass is 10.2. The molecule has 1 radical (unpaired) electrons. The SMILES string of the molecule is CCCCCc1n[c]c2c[nH]nc2n1. The van der Waals surface area contributed by atoms with E-state index in [1.165, 1.54) is 12.8 Å². The lowest BCUT2D eigenvalue weighted by Crippen LogP contribution is -1.95. The zero-order valence-corrected chi connectivity index (χ0v) is 8.25. The monoisotopic (exact) mass is 189 g/mol. The standard InChI is InChI=1S/C10H13N4/c1-2-3-4-5-9-11-6-8-7-12-14-10(8)13-9/h7H,2-5H2,1H3,(H,11,12,13,14). The van der Waals surface area contributed by atoms with Crippen molar-refractivity contribution in [3.8, 4) is 0 Å². The topological polar surface area (TPSA) is 54.5 Å². The molecule has 2 aromatic rings. The Kier molecular flexibility index (Phi) is 2.72. The molecule has 0 fully saturated rings. The summed E-state index contributed by atoms with van der Waals surface area (Å²) in [4.78, 5) is 8.48. The summed E-state index contributed by atoms with van der Waals surface area (Å²) in [5, 5.41) is 7.60. The molecule has 0 amide bonds. The van der Waals surface area contributed by atoms with Crippen LogP contribution in [0.15, 0.2) is 6.20 Å². The highest BCUT2D eigenvalue weighted by Gasteiger charge is 2.01. The van der Waals surface area contributed by atoms with Gasteiger partial charge in [-0.2, -0.15) is 5.10 Å². The minimum absolute atomic E-state index is 0.714. The molecule has 0 spiro atoms. The Hall–Kier alpha value is -1.45. The third kappa shape index (κ3) is 1.89. The second kappa shape index (κ2) is 4.17. The van der Waals surface area contributed by atoms with Gasteiger partial charge in [-0.3, -0.25) is 5.10 Å². The summed E-state index contributed by atoms with van der Waals surface area (Å²) in [6.45, 7) is 2.18. The van der Waals surface area contributed by atoms with Gasteiger partial charge in [0.2, 0.25) is 0 Å². The molecule has 2 aromatic heterocycles. The average molecular weight is 189 g/mol. The number of rotatable bonds is 4. The van der Waals surface area contributed by atoms with Gasteiger partial charge < -0.3 is 0 Å². The Bertz CT molecular complexity index is 407. The van der Waals surface area contributed by atoms with Crippen LogP contribution in [0.1, 0.15) is 32.0 Å². The van der Waals surface area contributed by atoms with E-state index in [9.17, 15) is 0 Å². The summed E-state index contributed by atoms with van der Waals surface area (Å²) in [6, 6.07) is 0. The average Bonchev–Trinajstić information content (AvgIpc) is 2.65. The number of aryl methyl sites for hydroxylation is 1. The fraction of sp³-hybridized carbons (Fsp3) is 0.500. The van der Waals surface area contributed by atoms with Crippen LogP contribution in [0, 0.1) is 6.20 Å². The van der Waals surface area contributed by atoms with Crippen molar-refractivity contribution in [1.82, 2.24) is 20.2 Å². The van der Waals surface area contributed by atoms with Gasteiger partial charge in [-0.1, -0.05) is 19.8 Å². The van der Waals surface area contributed by atoms with Gasteiger partial charge >= 0.3 is 0 Å². The van der Waals surface area contributed by atoms with Crippen LogP contribution in [0.3, 0.4) is 0 Å². The van der Waals surface area contributed by atoms with E-state index in [1.807, 2.05) is 0 Å². The normalized spacial score (nSPS) is 10.9. The minimum Gasteiger partial charge on any atom is -0.283 e. The van der Waals surface area contributed by atoms with Crippen molar-refractivity contribution in [2.75, 3.05) is 0 Å². The molecule has 4 nitrogen and oxygen atoms in total. The number of fused-ring (bicyclic) bond motifs is 1. The van der Waals surface area contributed by atoms with E-state index < -0.39 is 0 Å². The number of nitrogens with zero attached hydrogens (tertiary/aromatic N) is 3. The molecule has 14 heavy (non-hydrogen) atoms. The summed E-state index contributed by atoms with van der Waals surface area (Å²) >= 11 is 0. The van der Waals surface area contributed by atoms with E-state index in [-0.39, 0.29) is 0 Å². The van der Waals surface area contributed by atoms with Crippen molar-refractivity contribution < 1.29 is 0 Å². The van der Waals surface area contributed by atoms with Crippen molar-refractivity contribution >= 4 is 11.0 Å². The van der Waals surface area contributed by atoms with E-state index in [2.05, 4.69) is 33.3 Å². The van der Waals surface area contributed by atoms with Crippen LogP contribution < -0.4 is 0 Å². The van der Waals surface area contributed by atoms with Gasteiger partial charge in [-0.15, -0.1) is 0 Å². The van der Waals surface area contributed by atoms with Crippen LogP contribution in [-0.2, 0) is 6.42 Å². The Morgan fingerprint density at radius 3 is 3.21 bits per heavy atom. The van der Waals surface area contributed by atoms with Crippen molar-refractivity contribution in [2.24, 2.45) is 0 Å². The van der Waals surface area contributed by atoms with E-state index >= 15 is 0 Å². The first-order valence-corrected chi connectivity index (χ1v) is 4.98. The molecule has 0 aliphatic heterocycles. The highest BCUT2D eigenvalue weighted by atomic mass is 15.1. The maximum atomic E-state index is 4.32. The van der Waals surface area contributed by atoms with E-state index in [1.54, 1.807) is 6.20 Å². The number of hydrogen-bond donors (Lipinski definition) is 1. The van der Waals surface area contributed by atoms with Gasteiger partial charge in [-0.05, 0) is 6.42 Å². The highest BCUT2D eigenvalue weighted by molar-refractivity contribution is 5.71. The molecule has 0 aliphatic carbocycles. The predicted octanol–water partition coefficient (Wildman–Crippen LogP) is 1.89. The van der Waals surface area contributed by atoms with Gasteiger partial charge in [0, 0.05) is 12.6 Å². The van der Waals surface area contributed by atoms with Crippen molar-refractivity contribution in [3.63, 3.8) is 0 Å². The first-order valence-electron chi connectivity index (χ1n) is 4.98. The Morgan fingerprint density at radius 2 is 2.36 bits per heavy atom. The summed E-state index contributed by atoms with van der Waals surface area (Å²) in [5.41, 5.74) is 0.714. The van der Waals surface area contributed by atoms with Gasteiger partial charge in [0.05, 0.1) is 5.39 Å². The third-order valence-electron chi connectivity index (χ3n) is 2.16. The molecule has 0 saturated carbocycles. The molecule has 0 atom stereocenters. The van der Waals surface area contributed by atoms with Crippen molar-refractivity contribution in [3.05, 3.63) is 18.2 Å². The zero-order chi connectivity index (χ0) is 9.80. The molecule has 0 bridgehead atoms. The molecule has 0 aromatic carbocycles. The third-order valence-corrected chi connectivity index (χ3v) is 2.16. The van der Waals surface area contributed by atoms with Gasteiger partial charge in [0.25, 0.3) is 0 Å². The molecule has 1 N–H and O–H groups in total. The van der Waals surface area contributed by atoms with E-state index in [0.717, 1.165) is 24.1 Å². The molecule has 73 valence electrons. The number of aromatic nitrogens is 4. The molecule has 0 unspecified atom stereocenters. The zero-order valence-electron chi connectivity index (χ0n) is 8.25. The second-order valence-corrected chi connectivity index (χ2v) is 3.33. The van der Waals surface area contributed by atoms with Crippen LogP contribution in [-0.4, -0.2) is 20.2 Å². The molecule has 2 heterocycles. The smallest absolute Gasteiger partial charge is 0.184 e. The maximum absolute atomic E-state index is 4.32. The fourth-order valence-corrected chi connectivity index (χ4v) is 1.37. The predicted molar refractivity (Wildman–Crippen MR) is 53.7 cm³/mol. The van der Waals surface area contributed by atoms with Crippen molar-refractivity contribution in [2.45, 2.75) is 32.6 Å². The van der Waals surface area contributed by atoms with Crippen molar-refractivity contribution in [1.29, 1.82) is 0 Å². The Labute approximate surface area is 82.8 Å². The van der Waals surface area contributed by atoms with Crippen LogP contribution in [0.4, 0.5) is 0 Å². The quantitative estimate of drug-likeness (QED) is 0.747. The summed E-state index contributed by atoms with van der Waals surface area (Å²) in [7, 11) is 0. The molecule has 2 rings (SSSR count). The molecule has 0 saturated heterocycles. The van der Waals surface area contributed by atoms with Crippen LogP contribution in [0.25, 0.3) is 11.0 Å². The number of unbranched alkanes of at least 4 members (excludes halogenated alkanes) is 2. The van der Waals surface area contributed by atoms with Gasteiger partial charge in [-0.25, -0.2) is 9.97 Å².